The van der Waals surface area contributed by atoms with Crippen LogP contribution in [-0.2, 0) is 0 Å². The molecule has 0 radical (unpaired) electrons. The third-order valence-electron chi connectivity index (χ3n) is 3.88. The third kappa shape index (κ3) is 2.10. The molecule has 0 aromatic carbocycles. The number of rotatable bonds is 1. The number of piperazine rings is 1. The number of halogens is 1. The fourth-order valence-electron chi connectivity index (χ4n) is 2.89. The van der Waals surface area contributed by atoms with Gasteiger partial charge >= 0.3 is 0 Å². The average Bonchev–Trinajstić information content (AvgIpc) is 2.85. The molecule has 4 nitrogen and oxygen atoms in total. The minimum Gasteiger partial charge on any atom is -0.336 e. The highest BCUT2D eigenvalue weighted by Gasteiger charge is 2.33. The second-order valence-electron chi connectivity index (χ2n) is 4.94. The van der Waals surface area contributed by atoms with E-state index in [1.807, 2.05) is 4.90 Å². The summed E-state index contributed by atoms with van der Waals surface area (Å²) in [6, 6.07) is 2.24. The maximum absolute atomic E-state index is 12.4. The molecule has 1 atom stereocenters. The van der Waals surface area contributed by atoms with E-state index in [1.165, 1.54) is 25.6 Å². The summed E-state index contributed by atoms with van der Waals surface area (Å²) in [5.74, 6) is 0.0361. The normalized spacial score (nSPS) is 24.1. The summed E-state index contributed by atoms with van der Waals surface area (Å²) >= 11 is 6.03. The molecule has 0 bridgehead atoms. The van der Waals surface area contributed by atoms with Gasteiger partial charge in [0.1, 0.15) is 0 Å². The molecule has 18 heavy (non-hydrogen) atoms. The van der Waals surface area contributed by atoms with Crippen LogP contribution < -0.4 is 0 Å². The predicted molar refractivity (Wildman–Crippen MR) is 69.7 cm³/mol. The number of aromatic nitrogens is 1. The molecular formula is C13H16ClN3O. The van der Waals surface area contributed by atoms with Gasteiger partial charge in [-0.2, -0.15) is 0 Å². The number of carbonyl (C=O) groups excluding carboxylic acids is 1. The lowest BCUT2D eigenvalue weighted by Crippen LogP contribution is -2.52. The summed E-state index contributed by atoms with van der Waals surface area (Å²) < 4.78 is 0. The van der Waals surface area contributed by atoms with Crippen LogP contribution in [0.4, 0.5) is 0 Å². The number of pyridine rings is 1. The van der Waals surface area contributed by atoms with E-state index < -0.39 is 0 Å². The van der Waals surface area contributed by atoms with Crippen molar-refractivity contribution in [2.45, 2.75) is 18.9 Å². The lowest BCUT2D eigenvalue weighted by Gasteiger charge is -2.37. The molecule has 0 saturated carbocycles. The molecule has 1 amide bonds. The van der Waals surface area contributed by atoms with Crippen molar-refractivity contribution in [2.24, 2.45) is 0 Å². The molecule has 2 saturated heterocycles. The Kier molecular flexibility index (Phi) is 3.22. The maximum atomic E-state index is 12.4. The second-order valence-corrected chi connectivity index (χ2v) is 5.35. The van der Waals surface area contributed by atoms with Gasteiger partial charge in [0.15, 0.2) is 0 Å². The van der Waals surface area contributed by atoms with Gasteiger partial charge in [0, 0.05) is 38.1 Å². The van der Waals surface area contributed by atoms with Crippen molar-refractivity contribution < 1.29 is 4.79 Å². The molecule has 1 aromatic rings. The monoisotopic (exact) mass is 265 g/mol. The first-order valence-corrected chi connectivity index (χ1v) is 6.76. The number of nitrogens with zero attached hydrogens (tertiary/aromatic N) is 3. The summed E-state index contributed by atoms with van der Waals surface area (Å²) in [7, 11) is 0. The first kappa shape index (κ1) is 11.9. The highest BCUT2D eigenvalue weighted by Crippen LogP contribution is 2.23. The number of amides is 1. The highest BCUT2D eigenvalue weighted by molar-refractivity contribution is 6.33. The van der Waals surface area contributed by atoms with Crippen molar-refractivity contribution in [3.63, 3.8) is 0 Å². The Morgan fingerprint density at radius 3 is 3.11 bits per heavy atom. The van der Waals surface area contributed by atoms with E-state index in [1.54, 1.807) is 12.3 Å². The SMILES string of the molecule is O=C(c1ccncc1Cl)N1CCN2CCCC2C1. The van der Waals surface area contributed by atoms with Gasteiger partial charge in [-0.1, -0.05) is 11.6 Å². The van der Waals surface area contributed by atoms with E-state index in [-0.39, 0.29) is 5.91 Å². The van der Waals surface area contributed by atoms with Crippen LogP contribution in [-0.4, -0.2) is 52.9 Å². The summed E-state index contributed by atoms with van der Waals surface area (Å²) in [5, 5.41) is 0.441. The van der Waals surface area contributed by atoms with Crippen LogP contribution in [0.5, 0.6) is 0 Å². The van der Waals surface area contributed by atoms with E-state index in [2.05, 4.69) is 9.88 Å². The second kappa shape index (κ2) is 4.86. The maximum Gasteiger partial charge on any atom is 0.255 e. The van der Waals surface area contributed by atoms with Gasteiger partial charge in [-0.3, -0.25) is 14.7 Å². The fourth-order valence-corrected chi connectivity index (χ4v) is 3.09. The summed E-state index contributed by atoms with van der Waals surface area (Å²) in [6.45, 7) is 3.80. The zero-order chi connectivity index (χ0) is 12.5. The third-order valence-corrected chi connectivity index (χ3v) is 4.18. The molecule has 3 rings (SSSR count). The van der Waals surface area contributed by atoms with Gasteiger partial charge in [-0.05, 0) is 25.5 Å². The molecule has 0 spiro atoms. The van der Waals surface area contributed by atoms with Crippen molar-refractivity contribution in [1.29, 1.82) is 0 Å². The van der Waals surface area contributed by atoms with E-state index in [0.29, 0.717) is 16.6 Å². The summed E-state index contributed by atoms with van der Waals surface area (Å²) in [4.78, 5) is 20.7. The smallest absolute Gasteiger partial charge is 0.255 e. The molecule has 2 aliphatic heterocycles. The zero-order valence-electron chi connectivity index (χ0n) is 10.2. The van der Waals surface area contributed by atoms with Crippen molar-refractivity contribution >= 4 is 17.5 Å². The summed E-state index contributed by atoms with van der Waals surface area (Å²) in [6.07, 6.45) is 5.60. The molecule has 0 N–H and O–H groups in total. The van der Waals surface area contributed by atoms with Crippen LogP contribution >= 0.6 is 11.6 Å². The predicted octanol–water partition coefficient (Wildman–Crippen LogP) is 1.66. The van der Waals surface area contributed by atoms with Gasteiger partial charge in [-0.25, -0.2) is 0 Å². The van der Waals surface area contributed by atoms with E-state index in [9.17, 15) is 4.79 Å². The van der Waals surface area contributed by atoms with Crippen LogP contribution in [0.2, 0.25) is 5.02 Å². The van der Waals surface area contributed by atoms with Crippen molar-refractivity contribution in [3.8, 4) is 0 Å². The van der Waals surface area contributed by atoms with Gasteiger partial charge in [0.05, 0.1) is 10.6 Å². The van der Waals surface area contributed by atoms with Crippen molar-refractivity contribution in [3.05, 3.63) is 29.0 Å². The van der Waals surface area contributed by atoms with Crippen LogP contribution in [0.15, 0.2) is 18.5 Å². The quantitative estimate of drug-likeness (QED) is 0.775. The molecule has 2 fully saturated rings. The summed E-state index contributed by atoms with van der Waals surface area (Å²) in [5.41, 5.74) is 0.568. The number of hydrogen-bond acceptors (Lipinski definition) is 3. The Morgan fingerprint density at radius 2 is 2.28 bits per heavy atom. The van der Waals surface area contributed by atoms with E-state index in [0.717, 1.165) is 19.6 Å². The largest absolute Gasteiger partial charge is 0.336 e. The molecule has 5 heteroatoms. The van der Waals surface area contributed by atoms with Gasteiger partial charge in [0.25, 0.3) is 5.91 Å². The Morgan fingerprint density at radius 1 is 1.39 bits per heavy atom. The van der Waals surface area contributed by atoms with Crippen LogP contribution in [0.25, 0.3) is 0 Å². The van der Waals surface area contributed by atoms with Crippen LogP contribution in [0.1, 0.15) is 23.2 Å². The molecule has 1 unspecified atom stereocenters. The van der Waals surface area contributed by atoms with Crippen LogP contribution in [0, 0.1) is 0 Å². The molecule has 96 valence electrons. The number of fused-ring (bicyclic) bond motifs is 1. The van der Waals surface area contributed by atoms with E-state index >= 15 is 0 Å². The van der Waals surface area contributed by atoms with Crippen molar-refractivity contribution in [1.82, 2.24) is 14.8 Å². The molecule has 3 heterocycles. The highest BCUT2D eigenvalue weighted by atomic mass is 35.5. The van der Waals surface area contributed by atoms with Crippen LogP contribution in [0.3, 0.4) is 0 Å². The van der Waals surface area contributed by atoms with Gasteiger partial charge in [-0.15, -0.1) is 0 Å². The zero-order valence-corrected chi connectivity index (χ0v) is 10.9. The molecule has 2 aliphatic rings. The molecule has 1 aromatic heterocycles. The number of hydrogen-bond donors (Lipinski definition) is 0. The first-order valence-electron chi connectivity index (χ1n) is 6.38. The fraction of sp³-hybridized carbons (Fsp3) is 0.538. The Bertz CT molecular complexity index is 465. The number of carbonyl (C=O) groups is 1. The van der Waals surface area contributed by atoms with Gasteiger partial charge in [0.2, 0.25) is 0 Å². The molecule has 0 aliphatic carbocycles. The Hall–Kier alpha value is -1.13. The average molecular weight is 266 g/mol. The van der Waals surface area contributed by atoms with Crippen molar-refractivity contribution in [2.75, 3.05) is 26.2 Å². The topological polar surface area (TPSA) is 36.4 Å². The lowest BCUT2D eigenvalue weighted by molar-refractivity contribution is 0.0571. The lowest BCUT2D eigenvalue weighted by atomic mass is 10.1. The standard InChI is InChI=1S/C13H16ClN3O/c14-12-8-15-4-3-11(12)13(18)17-7-6-16-5-1-2-10(16)9-17/h3-4,8,10H,1-2,5-7,9H2. The van der Waals surface area contributed by atoms with Gasteiger partial charge < -0.3 is 4.90 Å². The Labute approximate surface area is 112 Å². The Balaban J connectivity index is 1.75. The molecular weight excluding hydrogens is 250 g/mol. The van der Waals surface area contributed by atoms with E-state index in [4.69, 9.17) is 11.6 Å². The first-order chi connectivity index (χ1) is 8.75. The minimum absolute atomic E-state index is 0.0361. The minimum atomic E-state index is 0.0361.